The number of aryl methyl sites for hydroxylation is 2. The summed E-state index contributed by atoms with van der Waals surface area (Å²) in [6.07, 6.45) is 4.86. The summed E-state index contributed by atoms with van der Waals surface area (Å²) in [5.41, 5.74) is 2.45. The molecule has 1 saturated heterocycles. The molecule has 14 heavy (non-hydrogen) atoms. The number of aromatic nitrogens is 2. The largest absolute Gasteiger partial charge is 0.345 e. The zero-order valence-corrected chi connectivity index (χ0v) is 9.06. The first-order valence-corrected chi connectivity index (χ1v) is 5.60. The number of piperidine rings is 1. The highest BCUT2D eigenvalue weighted by Crippen LogP contribution is 2.21. The van der Waals surface area contributed by atoms with Crippen LogP contribution in [0.3, 0.4) is 0 Å². The van der Waals surface area contributed by atoms with Crippen LogP contribution in [-0.4, -0.2) is 16.5 Å². The van der Waals surface area contributed by atoms with Gasteiger partial charge in [0.25, 0.3) is 0 Å². The van der Waals surface area contributed by atoms with E-state index in [4.69, 9.17) is 0 Å². The van der Waals surface area contributed by atoms with Gasteiger partial charge in [-0.1, -0.05) is 13.3 Å². The maximum absolute atomic E-state index is 4.63. The Morgan fingerprint density at radius 2 is 2.29 bits per heavy atom. The van der Waals surface area contributed by atoms with Crippen LogP contribution in [0.5, 0.6) is 0 Å². The van der Waals surface area contributed by atoms with Gasteiger partial charge < -0.3 is 10.3 Å². The van der Waals surface area contributed by atoms with Gasteiger partial charge in [0.1, 0.15) is 5.82 Å². The van der Waals surface area contributed by atoms with Gasteiger partial charge in [0.05, 0.1) is 11.7 Å². The fourth-order valence-electron chi connectivity index (χ4n) is 2.12. The van der Waals surface area contributed by atoms with Crippen molar-refractivity contribution in [3.63, 3.8) is 0 Å². The summed E-state index contributed by atoms with van der Waals surface area (Å²) in [6.45, 7) is 5.39. The Kier molecular flexibility index (Phi) is 2.87. The minimum absolute atomic E-state index is 0.461. The van der Waals surface area contributed by atoms with E-state index in [0.29, 0.717) is 6.04 Å². The molecule has 0 bridgehead atoms. The Morgan fingerprint density at radius 3 is 2.86 bits per heavy atom. The fourth-order valence-corrected chi connectivity index (χ4v) is 2.12. The highest BCUT2D eigenvalue weighted by Gasteiger charge is 2.18. The highest BCUT2D eigenvalue weighted by molar-refractivity contribution is 5.15. The van der Waals surface area contributed by atoms with Crippen LogP contribution in [0, 0.1) is 6.92 Å². The Balaban J connectivity index is 2.14. The van der Waals surface area contributed by atoms with Crippen molar-refractivity contribution in [2.24, 2.45) is 0 Å². The molecule has 2 heterocycles. The molecule has 0 saturated carbocycles. The summed E-state index contributed by atoms with van der Waals surface area (Å²) in [5.74, 6) is 1.14. The van der Waals surface area contributed by atoms with Crippen LogP contribution < -0.4 is 5.32 Å². The van der Waals surface area contributed by atoms with E-state index in [0.717, 1.165) is 18.8 Å². The summed E-state index contributed by atoms with van der Waals surface area (Å²) in [6, 6.07) is 0.461. The molecular formula is C11H19N3. The van der Waals surface area contributed by atoms with Gasteiger partial charge in [0.15, 0.2) is 0 Å². The number of rotatable bonds is 2. The molecule has 1 unspecified atom stereocenters. The molecule has 0 radical (unpaired) electrons. The van der Waals surface area contributed by atoms with E-state index >= 15 is 0 Å². The van der Waals surface area contributed by atoms with Gasteiger partial charge in [0, 0.05) is 5.69 Å². The van der Waals surface area contributed by atoms with Crippen LogP contribution in [0.1, 0.15) is 49.4 Å². The van der Waals surface area contributed by atoms with Gasteiger partial charge in [-0.2, -0.15) is 0 Å². The van der Waals surface area contributed by atoms with Crippen LogP contribution in [0.4, 0.5) is 0 Å². The topological polar surface area (TPSA) is 40.7 Å². The Hall–Kier alpha value is -0.830. The predicted molar refractivity (Wildman–Crippen MR) is 57.3 cm³/mol. The van der Waals surface area contributed by atoms with E-state index in [1.165, 1.54) is 30.7 Å². The third-order valence-corrected chi connectivity index (χ3v) is 2.98. The van der Waals surface area contributed by atoms with Crippen LogP contribution >= 0.6 is 0 Å². The molecule has 2 N–H and O–H groups in total. The first-order valence-electron chi connectivity index (χ1n) is 5.60. The highest BCUT2D eigenvalue weighted by atomic mass is 15.0. The lowest BCUT2D eigenvalue weighted by Gasteiger charge is -2.21. The Labute approximate surface area is 85.3 Å². The number of nitrogens with zero attached hydrogens (tertiary/aromatic N) is 1. The average molecular weight is 193 g/mol. The number of aromatic amines is 1. The third kappa shape index (κ3) is 1.82. The second-order valence-electron chi connectivity index (χ2n) is 4.05. The number of hydrogen-bond donors (Lipinski definition) is 2. The Bertz CT molecular complexity index is 297. The monoisotopic (exact) mass is 193 g/mol. The number of H-pyrrole nitrogens is 1. The maximum atomic E-state index is 4.63. The summed E-state index contributed by atoms with van der Waals surface area (Å²) < 4.78 is 0. The van der Waals surface area contributed by atoms with E-state index in [2.05, 4.69) is 29.1 Å². The molecule has 3 heteroatoms. The molecule has 78 valence electrons. The van der Waals surface area contributed by atoms with Gasteiger partial charge >= 0.3 is 0 Å². The molecule has 1 atom stereocenters. The quantitative estimate of drug-likeness (QED) is 0.755. The summed E-state index contributed by atoms with van der Waals surface area (Å²) in [7, 11) is 0. The van der Waals surface area contributed by atoms with Gasteiger partial charge in [-0.3, -0.25) is 0 Å². The fraction of sp³-hybridized carbons (Fsp3) is 0.727. The molecule has 1 aliphatic rings. The summed E-state index contributed by atoms with van der Waals surface area (Å²) in [4.78, 5) is 8.03. The molecule has 2 rings (SSSR count). The first-order chi connectivity index (χ1) is 6.81. The molecular weight excluding hydrogens is 174 g/mol. The number of hydrogen-bond acceptors (Lipinski definition) is 2. The standard InChI is InChI=1S/C11H19N3/c1-3-9-8(2)13-11(14-9)10-6-4-5-7-12-10/h10,12H,3-7H2,1-2H3,(H,13,14). The van der Waals surface area contributed by atoms with Gasteiger partial charge in [0.2, 0.25) is 0 Å². The van der Waals surface area contributed by atoms with Crippen molar-refractivity contribution in [2.75, 3.05) is 6.54 Å². The van der Waals surface area contributed by atoms with E-state index in [1.807, 2.05) is 0 Å². The van der Waals surface area contributed by atoms with E-state index in [-0.39, 0.29) is 0 Å². The smallest absolute Gasteiger partial charge is 0.123 e. The van der Waals surface area contributed by atoms with Crippen LogP contribution in [0.2, 0.25) is 0 Å². The lowest BCUT2D eigenvalue weighted by molar-refractivity contribution is 0.399. The molecule has 0 spiro atoms. The first kappa shape index (κ1) is 9.71. The van der Waals surface area contributed by atoms with Crippen molar-refractivity contribution in [1.82, 2.24) is 15.3 Å². The van der Waals surface area contributed by atoms with Crippen molar-refractivity contribution in [1.29, 1.82) is 0 Å². The van der Waals surface area contributed by atoms with E-state index in [1.54, 1.807) is 0 Å². The summed E-state index contributed by atoms with van der Waals surface area (Å²) in [5, 5.41) is 3.51. The van der Waals surface area contributed by atoms with Crippen molar-refractivity contribution in [3.8, 4) is 0 Å². The molecule has 1 aliphatic heterocycles. The minimum Gasteiger partial charge on any atom is -0.345 e. The van der Waals surface area contributed by atoms with Gasteiger partial charge in [-0.25, -0.2) is 4.98 Å². The molecule has 0 amide bonds. The van der Waals surface area contributed by atoms with Crippen LogP contribution in [-0.2, 0) is 6.42 Å². The normalized spacial score (nSPS) is 22.6. The number of imidazole rings is 1. The molecule has 1 aromatic heterocycles. The van der Waals surface area contributed by atoms with Gasteiger partial charge in [-0.05, 0) is 32.7 Å². The molecule has 0 aliphatic carbocycles. The van der Waals surface area contributed by atoms with Crippen molar-refractivity contribution in [2.45, 2.75) is 45.6 Å². The van der Waals surface area contributed by atoms with Crippen molar-refractivity contribution in [3.05, 3.63) is 17.2 Å². The lowest BCUT2D eigenvalue weighted by Crippen LogP contribution is -2.27. The zero-order chi connectivity index (χ0) is 9.97. The molecule has 1 aromatic rings. The van der Waals surface area contributed by atoms with E-state index < -0.39 is 0 Å². The predicted octanol–water partition coefficient (Wildman–Crippen LogP) is 2.10. The average Bonchev–Trinajstić information content (AvgIpc) is 2.61. The van der Waals surface area contributed by atoms with Crippen LogP contribution in [0.25, 0.3) is 0 Å². The van der Waals surface area contributed by atoms with Crippen molar-refractivity contribution >= 4 is 0 Å². The SMILES string of the molecule is CCc1nc(C2CCCCN2)[nH]c1C. The van der Waals surface area contributed by atoms with Crippen molar-refractivity contribution < 1.29 is 0 Å². The second kappa shape index (κ2) is 4.13. The minimum atomic E-state index is 0.461. The molecule has 1 fully saturated rings. The van der Waals surface area contributed by atoms with E-state index in [9.17, 15) is 0 Å². The van der Waals surface area contributed by atoms with Gasteiger partial charge in [-0.15, -0.1) is 0 Å². The second-order valence-corrected chi connectivity index (χ2v) is 4.05. The van der Waals surface area contributed by atoms with Crippen LogP contribution in [0.15, 0.2) is 0 Å². The maximum Gasteiger partial charge on any atom is 0.123 e. The Morgan fingerprint density at radius 1 is 1.43 bits per heavy atom. The number of nitrogens with one attached hydrogen (secondary N) is 2. The lowest BCUT2D eigenvalue weighted by atomic mass is 10.0. The molecule has 3 nitrogen and oxygen atoms in total. The third-order valence-electron chi connectivity index (χ3n) is 2.98. The zero-order valence-electron chi connectivity index (χ0n) is 9.06. The summed E-state index contributed by atoms with van der Waals surface area (Å²) >= 11 is 0. The molecule has 0 aromatic carbocycles.